The summed E-state index contributed by atoms with van der Waals surface area (Å²) in [5.41, 5.74) is -1.07. The third kappa shape index (κ3) is 2.77. The van der Waals surface area contributed by atoms with E-state index in [1.165, 1.54) is 20.3 Å². The van der Waals surface area contributed by atoms with Gasteiger partial charge < -0.3 is 9.47 Å². The van der Waals surface area contributed by atoms with Crippen LogP contribution in [0.3, 0.4) is 0 Å². The average molecular weight is 281 g/mol. The second-order valence-electron chi connectivity index (χ2n) is 5.26. The number of esters is 1. The molecule has 2 rings (SSSR count). The zero-order valence-corrected chi connectivity index (χ0v) is 12.0. The van der Waals surface area contributed by atoms with Gasteiger partial charge in [-0.1, -0.05) is 6.07 Å². The molecule has 1 aliphatic carbocycles. The minimum atomic E-state index is -1.26. The van der Waals surface area contributed by atoms with E-state index in [-0.39, 0.29) is 5.56 Å². The minimum Gasteiger partial charge on any atom is -0.496 e. The van der Waals surface area contributed by atoms with Gasteiger partial charge in [0, 0.05) is 0 Å². The van der Waals surface area contributed by atoms with Gasteiger partial charge in [-0.2, -0.15) is 0 Å². The Morgan fingerprint density at radius 1 is 1.45 bits per heavy atom. The van der Waals surface area contributed by atoms with E-state index in [2.05, 4.69) is 5.32 Å². The van der Waals surface area contributed by atoms with Gasteiger partial charge in [0.05, 0.1) is 19.8 Å². The number of hydrogen-bond donors (Lipinski definition) is 1. The van der Waals surface area contributed by atoms with Crippen molar-refractivity contribution in [1.29, 1.82) is 0 Å². The van der Waals surface area contributed by atoms with Crippen molar-refractivity contribution in [3.8, 4) is 5.75 Å². The van der Waals surface area contributed by atoms with Crippen molar-refractivity contribution in [2.24, 2.45) is 5.92 Å². The quantitative estimate of drug-likeness (QED) is 0.812. The van der Waals surface area contributed by atoms with Gasteiger partial charge in [0.2, 0.25) is 0 Å². The lowest BCUT2D eigenvalue weighted by Gasteiger charge is -2.30. The van der Waals surface area contributed by atoms with Crippen LogP contribution in [0.1, 0.15) is 25.3 Å². The van der Waals surface area contributed by atoms with Crippen LogP contribution in [0.2, 0.25) is 0 Å². The summed E-state index contributed by atoms with van der Waals surface area (Å²) >= 11 is 0. The Hall–Kier alpha value is -1.62. The van der Waals surface area contributed by atoms with Gasteiger partial charge >= 0.3 is 5.97 Å². The monoisotopic (exact) mass is 281 g/mol. The first-order valence-electron chi connectivity index (χ1n) is 6.69. The summed E-state index contributed by atoms with van der Waals surface area (Å²) in [6.45, 7) is 2.28. The molecule has 1 saturated carbocycles. The van der Waals surface area contributed by atoms with E-state index in [9.17, 15) is 9.18 Å². The lowest BCUT2D eigenvalue weighted by atomic mass is 9.90. The molecule has 0 saturated heterocycles. The molecule has 110 valence electrons. The first kappa shape index (κ1) is 14.8. The van der Waals surface area contributed by atoms with Crippen molar-refractivity contribution in [3.63, 3.8) is 0 Å². The van der Waals surface area contributed by atoms with Crippen LogP contribution >= 0.6 is 0 Å². The standard InChI is InChI=1S/C15H20FNO3/c1-15(14(18)20-3,17-9-10-7-8-10)13-11(16)5-4-6-12(13)19-2/h4-6,10,17H,7-9H2,1-3H3. The lowest BCUT2D eigenvalue weighted by molar-refractivity contribution is -0.148. The smallest absolute Gasteiger partial charge is 0.330 e. The summed E-state index contributed by atoms with van der Waals surface area (Å²) in [6, 6.07) is 4.51. The summed E-state index contributed by atoms with van der Waals surface area (Å²) in [5.74, 6) is -0.125. The first-order valence-corrected chi connectivity index (χ1v) is 6.69. The Morgan fingerprint density at radius 2 is 2.15 bits per heavy atom. The third-order valence-corrected chi connectivity index (χ3v) is 3.73. The van der Waals surface area contributed by atoms with E-state index in [1.807, 2.05) is 0 Å². The molecule has 1 fully saturated rings. The van der Waals surface area contributed by atoms with Crippen molar-refractivity contribution < 1.29 is 18.7 Å². The molecular formula is C15H20FNO3. The average Bonchev–Trinajstić information content (AvgIpc) is 3.27. The van der Waals surface area contributed by atoms with E-state index in [4.69, 9.17) is 9.47 Å². The second-order valence-corrected chi connectivity index (χ2v) is 5.26. The molecule has 1 aliphatic rings. The Labute approximate surface area is 118 Å². The van der Waals surface area contributed by atoms with Crippen LogP contribution in [0.15, 0.2) is 18.2 Å². The number of rotatable bonds is 6. The van der Waals surface area contributed by atoms with Crippen LogP contribution in [-0.4, -0.2) is 26.7 Å². The fourth-order valence-electron chi connectivity index (χ4n) is 2.30. The van der Waals surface area contributed by atoms with Gasteiger partial charge in [-0.25, -0.2) is 9.18 Å². The largest absolute Gasteiger partial charge is 0.496 e. The van der Waals surface area contributed by atoms with Crippen molar-refractivity contribution in [2.45, 2.75) is 25.3 Å². The zero-order chi connectivity index (χ0) is 14.8. The highest BCUT2D eigenvalue weighted by atomic mass is 19.1. The molecule has 4 nitrogen and oxygen atoms in total. The number of carbonyl (C=O) groups excluding carboxylic acids is 1. The van der Waals surface area contributed by atoms with Crippen molar-refractivity contribution in [2.75, 3.05) is 20.8 Å². The van der Waals surface area contributed by atoms with Gasteiger partial charge in [-0.05, 0) is 44.4 Å². The third-order valence-electron chi connectivity index (χ3n) is 3.73. The maximum Gasteiger partial charge on any atom is 0.330 e. The highest BCUT2D eigenvalue weighted by Crippen LogP contribution is 2.35. The predicted octanol–water partition coefficient (Wildman–Crippen LogP) is 2.22. The number of methoxy groups -OCH3 is 2. The molecule has 0 spiro atoms. The molecule has 1 aromatic carbocycles. The molecule has 1 aromatic rings. The van der Waals surface area contributed by atoms with Gasteiger partial charge in [0.1, 0.15) is 17.1 Å². The molecule has 20 heavy (non-hydrogen) atoms. The Morgan fingerprint density at radius 3 is 2.70 bits per heavy atom. The summed E-state index contributed by atoms with van der Waals surface area (Å²) < 4.78 is 24.3. The molecule has 0 heterocycles. The van der Waals surface area contributed by atoms with Gasteiger partial charge in [0.25, 0.3) is 0 Å². The normalized spacial score (nSPS) is 17.4. The van der Waals surface area contributed by atoms with Crippen molar-refractivity contribution in [3.05, 3.63) is 29.6 Å². The van der Waals surface area contributed by atoms with Crippen LogP contribution in [0.5, 0.6) is 5.75 Å². The zero-order valence-electron chi connectivity index (χ0n) is 12.0. The number of carbonyl (C=O) groups is 1. The summed E-state index contributed by atoms with van der Waals surface area (Å²) in [7, 11) is 2.75. The fourth-order valence-corrected chi connectivity index (χ4v) is 2.30. The predicted molar refractivity (Wildman–Crippen MR) is 73.0 cm³/mol. The number of benzene rings is 1. The minimum absolute atomic E-state index is 0.190. The first-order chi connectivity index (χ1) is 9.52. The van der Waals surface area contributed by atoms with E-state index in [0.717, 1.165) is 12.8 Å². The van der Waals surface area contributed by atoms with Crippen molar-refractivity contribution in [1.82, 2.24) is 5.32 Å². The maximum atomic E-state index is 14.2. The molecule has 0 amide bonds. The van der Waals surface area contributed by atoms with E-state index < -0.39 is 17.3 Å². The topological polar surface area (TPSA) is 47.6 Å². The maximum absolute atomic E-state index is 14.2. The number of halogens is 1. The highest BCUT2D eigenvalue weighted by molar-refractivity contribution is 5.83. The van der Waals surface area contributed by atoms with Crippen LogP contribution in [0.25, 0.3) is 0 Å². The van der Waals surface area contributed by atoms with Gasteiger partial charge in [0.15, 0.2) is 0 Å². The number of ether oxygens (including phenoxy) is 2. The van der Waals surface area contributed by atoms with E-state index >= 15 is 0 Å². The Bertz CT molecular complexity index is 502. The SMILES string of the molecule is COC(=O)C(C)(NCC1CC1)c1c(F)cccc1OC. The summed E-state index contributed by atoms with van der Waals surface area (Å²) in [6.07, 6.45) is 2.28. The molecule has 1 atom stereocenters. The summed E-state index contributed by atoms with van der Waals surface area (Å²) in [4.78, 5) is 12.2. The Kier molecular flexibility index (Phi) is 4.28. The molecular weight excluding hydrogens is 261 g/mol. The Balaban J connectivity index is 2.41. The van der Waals surface area contributed by atoms with Crippen LogP contribution < -0.4 is 10.1 Å². The molecule has 0 radical (unpaired) electrons. The lowest BCUT2D eigenvalue weighted by Crippen LogP contribution is -2.49. The molecule has 1 N–H and O–H groups in total. The van der Waals surface area contributed by atoms with Gasteiger partial charge in [-0.15, -0.1) is 0 Å². The van der Waals surface area contributed by atoms with Crippen LogP contribution in [0.4, 0.5) is 4.39 Å². The molecule has 0 aliphatic heterocycles. The molecule has 0 bridgehead atoms. The van der Waals surface area contributed by atoms with Crippen LogP contribution in [0, 0.1) is 11.7 Å². The second kappa shape index (κ2) is 5.79. The highest BCUT2D eigenvalue weighted by Gasteiger charge is 2.42. The molecule has 5 heteroatoms. The number of nitrogens with one attached hydrogen (secondary N) is 1. The van der Waals surface area contributed by atoms with E-state index in [1.54, 1.807) is 19.1 Å². The molecule has 1 unspecified atom stereocenters. The summed E-state index contributed by atoms with van der Waals surface area (Å²) in [5, 5.41) is 3.15. The number of hydrogen-bond acceptors (Lipinski definition) is 4. The van der Waals surface area contributed by atoms with Crippen molar-refractivity contribution >= 4 is 5.97 Å². The van der Waals surface area contributed by atoms with E-state index in [0.29, 0.717) is 18.2 Å². The van der Waals surface area contributed by atoms with Gasteiger partial charge in [-0.3, -0.25) is 5.32 Å². The fraction of sp³-hybridized carbons (Fsp3) is 0.533. The van der Waals surface area contributed by atoms with Crippen LogP contribution in [-0.2, 0) is 15.1 Å². The molecule has 0 aromatic heterocycles.